The molecular formula is C18H28N4O2S. The molecule has 2 aliphatic rings. The van der Waals surface area contributed by atoms with Gasteiger partial charge in [0.15, 0.2) is 0 Å². The molecule has 0 aliphatic carbocycles. The van der Waals surface area contributed by atoms with E-state index in [1.807, 2.05) is 30.1 Å². The van der Waals surface area contributed by atoms with Crippen LogP contribution in [0.15, 0.2) is 12.1 Å². The van der Waals surface area contributed by atoms with Crippen LogP contribution in [-0.4, -0.2) is 60.5 Å². The van der Waals surface area contributed by atoms with Gasteiger partial charge in [0.2, 0.25) is 5.91 Å². The number of hydrogen-bond acceptors (Lipinski definition) is 4. The zero-order chi connectivity index (χ0) is 18.0. The molecule has 0 radical (unpaired) electrons. The highest BCUT2D eigenvalue weighted by atomic mass is 32.1. The fourth-order valence-electron chi connectivity index (χ4n) is 3.76. The first-order chi connectivity index (χ1) is 11.8. The number of rotatable bonds is 3. The molecule has 1 aromatic rings. The Morgan fingerprint density at radius 3 is 2.76 bits per heavy atom. The minimum absolute atomic E-state index is 0.0254. The SMILES string of the molecule is Cc1ccc(CN2CCN(C(=O)NC(C)C)C[C@]3(CNC(=O)C3)C2)s1. The van der Waals surface area contributed by atoms with E-state index < -0.39 is 0 Å². The van der Waals surface area contributed by atoms with Crippen LogP contribution in [0.2, 0.25) is 0 Å². The monoisotopic (exact) mass is 364 g/mol. The van der Waals surface area contributed by atoms with Crippen molar-refractivity contribution in [1.29, 1.82) is 0 Å². The van der Waals surface area contributed by atoms with Gasteiger partial charge in [-0.2, -0.15) is 0 Å². The van der Waals surface area contributed by atoms with E-state index in [-0.39, 0.29) is 23.4 Å². The quantitative estimate of drug-likeness (QED) is 0.860. The maximum atomic E-state index is 12.5. The lowest BCUT2D eigenvalue weighted by Gasteiger charge is -2.33. The second-order valence-electron chi connectivity index (χ2n) is 7.70. The van der Waals surface area contributed by atoms with Crippen LogP contribution >= 0.6 is 11.3 Å². The molecule has 3 heterocycles. The van der Waals surface area contributed by atoms with Crippen molar-refractivity contribution < 1.29 is 9.59 Å². The van der Waals surface area contributed by atoms with Crippen molar-refractivity contribution in [2.75, 3.05) is 32.7 Å². The molecule has 2 fully saturated rings. The van der Waals surface area contributed by atoms with Gasteiger partial charge in [-0.1, -0.05) is 0 Å². The maximum absolute atomic E-state index is 12.5. The molecule has 0 aromatic carbocycles. The number of amides is 3. The Morgan fingerprint density at radius 1 is 1.36 bits per heavy atom. The summed E-state index contributed by atoms with van der Waals surface area (Å²) < 4.78 is 0. The topological polar surface area (TPSA) is 64.7 Å². The number of nitrogens with one attached hydrogen (secondary N) is 2. The zero-order valence-electron chi connectivity index (χ0n) is 15.3. The summed E-state index contributed by atoms with van der Waals surface area (Å²) in [7, 11) is 0. The van der Waals surface area contributed by atoms with Gasteiger partial charge < -0.3 is 15.5 Å². The third kappa shape index (κ3) is 4.52. The predicted octanol–water partition coefficient (Wildman–Crippen LogP) is 1.80. The molecule has 2 saturated heterocycles. The maximum Gasteiger partial charge on any atom is 0.317 e. The van der Waals surface area contributed by atoms with Gasteiger partial charge in [0.25, 0.3) is 0 Å². The lowest BCUT2D eigenvalue weighted by molar-refractivity contribution is -0.119. The zero-order valence-corrected chi connectivity index (χ0v) is 16.1. The van der Waals surface area contributed by atoms with E-state index in [9.17, 15) is 9.59 Å². The molecule has 25 heavy (non-hydrogen) atoms. The van der Waals surface area contributed by atoms with Crippen molar-refractivity contribution >= 4 is 23.3 Å². The van der Waals surface area contributed by atoms with Crippen LogP contribution in [0.3, 0.4) is 0 Å². The average molecular weight is 365 g/mol. The number of urea groups is 1. The lowest BCUT2D eigenvalue weighted by atomic mass is 9.86. The number of thiophene rings is 1. The first kappa shape index (κ1) is 18.2. The van der Waals surface area contributed by atoms with Gasteiger partial charge >= 0.3 is 6.03 Å². The highest BCUT2D eigenvalue weighted by molar-refractivity contribution is 7.11. The van der Waals surface area contributed by atoms with Gasteiger partial charge in [-0.3, -0.25) is 9.69 Å². The van der Waals surface area contributed by atoms with Gasteiger partial charge in [-0.15, -0.1) is 11.3 Å². The summed E-state index contributed by atoms with van der Waals surface area (Å²) >= 11 is 1.82. The van der Waals surface area contributed by atoms with Gasteiger partial charge in [-0.05, 0) is 32.9 Å². The summed E-state index contributed by atoms with van der Waals surface area (Å²) in [4.78, 5) is 31.4. The Morgan fingerprint density at radius 2 is 2.16 bits per heavy atom. The molecule has 1 spiro atoms. The molecule has 3 rings (SSSR count). The van der Waals surface area contributed by atoms with Gasteiger partial charge in [0.1, 0.15) is 0 Å². The second kappa shape index (κ2) is 7.33. The van der Waals surface area contributed by atoms with Crippen molar-refractivity contribution in [3.05, 3.63) is 21.9 Å². The molecule has 0 unspecified atom stereocenters. The fraction of sp³-hybridized carbons (Fsp3) is 0.667. The number of hydrogen-bond donors (Lipinski definition) is 2. The van der Waals surface area contributed by atoms with Gasteiger partial charge in [0, 0.05) is 66.9 Å². The third-order valence-electron chi connectivity index (χ3n) is 4.84. The third-order valence-corrected chi connectivity index (χ3v) is 5.83. The van der Waals surface area contributed by atoms with Crippen LogP contribution in [0.5, 0.6) is 0 Å². The van der Waals surface area contributed by atoms with Crippen molar-refractivity contribution in [2.45, 2.75) is 39.8 Å². The van der Waals surface area contributed by atoms with E-state index in [0.29, 0.717) is 26.1 Å². The van der Waals surface area contributed by atoms with Crippen molar-refractivity contribution in [3.63, 3.8) is 0 Å². The van der Waals surface area contributed by atoms with Gasteiger partial charge in [0.05, 0.1) is 0 Å². The van der Waals surface area contributed by atoms with Crippen molar-refractivity contribution in [1.82, 2.24) is 20.4 Å². The molecule has 0 bridgehead atoms. The number of carbonyl (C=O) groups is 2. The Bertz CT molecular complexity index is 645. The van der Waals surface area contributed by atoms with Crippen LogP contribution in [0.25, 0.3) is 0 Å². The molecule has 2 N–H and O–H groups in total. The smallest absolute Gasteiger partial charge is 0.317 e. The van der Waals surface area contributed by atoms with Crippen LogP contribution < -0.4 is 10.6 Å². The van der Waals surface area contributed by atoms with Gasteiger partial charge in [-0.25, -0.2) is 4.79 Å². The van der Waals surface area contributed by atoms with Crippen LogP contribution in [-0.2, 0) is 11.3 Å². The summed E-state index contributed by atoms with van der Waals surface area (Å²) in [5.74, 6) is 0.0954. The molecule has 1 atom stereocenters. The summed E-state index contributed by atoms with van der Waals surface area (Å²) in [5, 5.41) is 5.97. The number of aryl methyl sites for hydroxylation is 1. The Balaban J connectivity index is 1.75. The molecule has 6 nitrogen and oxygen atoms in total. The second-order valence-corrected chi connectivity index (χ2v) is 9.07. The highest BCUT2D eigenvalue weighted by Crippen LogP contribution is 2.32. The first-order valence-corrected chi connectivity index (χ1v) is 9.77. The fourth-order valence-corrected chi connectivity index (χ4v) is 4.69. The van der Waals surface area contributed by atoms with Crippen molar-refractivity contribution in [2.24, 2.45) is 5.41 Å². The Kier molecular flexibility index (Phi) is 5.34. The van der Waals surface area contributed by atoms with Crippen molar-refractivity contribution in [3.8, 4) is 0 Å². The minimum atomic E-state index is -0.186. The minimum Gasteiger partial charge on any atom is -0.355 e. The van der Waals surface area contributed by atoms with E-state index in [1.54, 1.807) is 0 Å². The number of carbonyl (C=O) groups excluding carboxylic acids is 2. The van der Waals surface area contributed by atoms with E-state index >= 15 is 0 Å². The molecular weight excluding hydrogens is 336 g/mol. The lowest BCUT2D eigenvalue weighted by Crippen LogP contribution is -2.48. The van der Waals surface area contributed by atoms with Crippen LogP contribution in [0.1, 0.15) is 30.0 Å². The van der Waals surface area contributed by atoms with E-state index in [4.69, 9.17) is 0 Å². The summed E-state index contributed by atoms with van der Waals surface area (Å²) in [5.41, 5.74) is -0.186. The summed E-state index contributed by atoms with van der Waals surface area (Å²) in [6.45, 7) is 10.6. The Labute approximate surface area is 153 Å². The van der Waals surface area contributed by atoms with E-state index in [2.05, 4.69) is 34.6 Å². The predicted molar refractivity (Wildman–Crippen MR) is 99.6 cm³/mol. The molecule has 7 heteroatoms. The first-order valence-electron chi connectivity index (χ1n) is 8.95. The summed E-state index contributed by atoms with van der Waals surface area (Å²) in [6, 6.07) is 4.41. The molecule has 1 aromatic heterocycles. The Hall–Kier alpha value is -1.60. The van der Waals surface area contributed by atoms with E-state index in [1.165, 1.54) is 9.75 Å². The summed E-state index contributed by atoms with van der Waals surface area (Å²) in [6.07, 6.45) is 0.498. The largest absolute Gasteiger partial charge is 0.355 e. The standard InChI is InChI=1S/C18H28N4O2S/c1-13(2)20-17(24)22-7-6-21(9-15-5-4-14(3)25-15)11-18(12-22)8-16(23)19-10-18/h4-5,13H,6-12H2,1-3H3,(H,19,23)(H,20,24)/t18-/m1/s1. The highest BCUT2D eigenvalue weighted by Gasteiger charge is 2.43. The average Bonchev–Trinajstić information content (AvgIpc) is 3.02. The molecule has 0 saturated carbocycles. The molecule has 2 aliphatic heterocycles. The van der Waals surface area contributed by atoms with E-state index in [0.717, 1.165) is 19.6 Å². The normalized spacial score (nSPS) is 24.6. The molecule has 138 valence electrons. The number of nitrogens with zero attached hydrogens (tertiary/aromatic N) is 2. The van der Waals surface area contributed by atoms with Crippen LogP contribution in [0, 0.1) is 12.3 Å². The van der Waals surface area contributed by atoms with Crippen LogP contribution in [0.4, 0.5) is 4.79 Å². The molecule has 3 amide bonds.